The van der Waals surface area contributed by atoms with E-state index >= 15 is 0 Å². The van der Waals surface area contributed by atoms with Crippen LogP contribution in [0.4, 0.5) is 5.69 Å². The summed E-state index contributed by atoms with van der Waals surface area (Å²) in [4.78, 5) is 23.6. The molecule has 0 radical (unpaired) electrons. The SMILES string of the molecule is O=C(O)C1=C(C(=O)Nc2cccc(-c3ccccc3Cl)c2)CCC1. The second-order valence-corrected chi connectivity index (χ2v) is 6.04. The van der Waals surface area contributed by atoms with Gasteiger partial charge in [-0.2, -0.15) is 0 Å². The molecule has 0 atom stereocenters. The van der Waals surface area contributed by atoms with Crippen LogP contribution in [-0.2, 0) is 9.59 Å². The van der Waals surface area contributed by atoms with Crippen LogP contribution in [0.25, 0.3) is 11.1 Å². The Bertz CT molecular complexity index is 842. The van der Waals surface area contributed by atoms with Gasteiger partial charge in [0, 0.05) is 27.4 Å². The van der Waals surface area contributed by atoms with Gasteiger partial charge in [0.15, 0.2) is 0 Å². The third-order valence-corrected chi connectivity index (χ3v) is 4.38. The number of carbonyl (C=O) groups excluding carboxylic acids is 1. The molecule has 1 aliphatic carbocycles. The average Bonchev–Trinajstić information content (AvgIpc) is 3.05. The Labute approximate surface area is 144 Å². The summed E-state index contributed by atoms with van der Waals surface area (Å²) in [7, 11) is 0. The highest BCUT2D eigenvalue weighted by molar-refractivity contribution is 6.33. The van der Waals surface area contributed by atoms with Crippen molar-refractivity contribution in [3.05, 3.63) is 64.7 Å². The molecule has 0 spiro atoms. The first-order chi connectivity index (χ1) is 11.6. The number of amides is 1. The number of carboxylic acid groups (broad SMARTS) is 1. The number of hydrogen-bond donors (Lipinski definition) is 2. The first kappa shape index (κ1) is 16.3. The quantitative estimate of drug-likeness (QED) is 0.859. The van der Waals surface area contributed by atoms with Crippen LogP contribution in [0.5, 0.6) is 0 Å². The van der Waals surface area contributed by atoms with Gasteiger partial charge in [-0.15, -0.1) is 0 Å². The highest BCUT2D eigenvalue weighted by Gasteiger charge is 2.25. The molecule has 0 bridgehead atoms. The van der Waals surface area contributed by atoms with Gasteiger partial charge in [-0.05, 0) is 43.0 Å². The van der Waals surface area contributed by atoms with Gasteiger partial charge in [0.2, 0.25) is 0 Å². The number of halogens is 1. The summed E-state index contributed by atoms with van der Waals surface area (Å²) in [6, 6.07) is 14.8. The van der Waals surface area contributed by atoms with Crippen LogP contribution in [0.3, 0.4) is 0 Å². The van der Waals surface area contributed by atoms with E-state index in [0.717, 1.165) is 11.1 Å². The molecule has 0 aromatic heterocycles. The van der Waals surface area contributed by atoms with Crippen LogP contribution >= 0.6 is 11.6 Å². The van der Waals surface area contributed by atoms with Gasteiger partial charge in [-0.3, -0.25) is 4.79 Å². The van der Waals surface area contributed by atoms with Crippen LogP contribution in [0.2, 0.25) is 5.02 Å². The van der Waals surface area contributed by atoms with Crippen molar-refractivity contribution in [3.63, 3.8) is 0 Å². The molecule has 5 heteroatoms. The zero-order valence-corrected chi connectivity index (χ0v) is 13.6. The standard InChI is InChI=1S/C19H16ClNO3/c20-17-10-2-1-7-14(17)12-5-3-6-13(11-12)21-18(22)15-8-4-9-16(15)19(23)24/h1-3,5-7,10-11H,4,8-9H2,(H,21,22)(H,23,24). The second kappa shape index (κ2) is 6.89. The highest BCUT2D eigenvalue weighted by Crippen LogP contribution is 2.30. The van der Waals surface area contributed by atoms with E-state index in [9.17, 15) is 9.59 Å². The first-order valence-electron chi connectivity index (χ1n) is 7.68. The summed E-state index contributed by atoms with van der Waals surface area (Å²) in [5.74, 6) is -1.36. The summed E-state index contributed by atoms with van der Waals surface area (Å²) in [5, 5.41) is 12.6. The minimum atomic E-state index is -1.01. The molecule has 0 heterocycles. The van der Waals surface area contributed by atoms with Crippen molar-refractivity contribution < 1.29 is 14.7 Å². The summed E-state index contributed by atoms with van der Waals surface area (Å²) in [6.45, 7) is 0. The van der Waals surface area contributed by atoms with Crippen LogP contribution in [0.15, 0.2) is 59.7 Å². The minimum Gasteiger partial charge on any atom is -0.478 e. The molecule has 0 saturated carbocycles. The topological polar surface area (TPSA) is 66.4 Å². The predicted octanol–water partition coefficient (Wildman–Crippen LogP) is 4.51. The lowest BCUT2D eigenvalue weighted by atomic mass is 10.0. The van der Waals surface area contributed by atoms with E-state index in [2.05, 4.69) is 5.32 Å². The van der Waals surface area contributed by atoms with E-state index < -0.39 is 5.97 Å². The molecule has 0 saturated heterocycles. The van der Waals surface area contributed by atoms with Gasteiger partial charge in [0.1, 0.15) is 0 Å². The number of carbonyl (C=O) groups is 2. The van der Waals surface area contributed by atoms with Crippen molar-refractivity contribution in [3.8, 4) is 11.1 Å². The Balaban J connectivity index is 1.86. The fourth-order valence-electron chi connectivity index (χ4n) is 2.90. The molecule has 0 fully saturated rings. The number of aliphatic carboxylic acids is 1. The molecule has 0 aliphatic heterocycles. The Hall–Kier alpha value is -2.59. The minimum absolute atomic E-state index is 0.217. The van der Waals surface area contributed by atoms with Gasteiger partial charge in [-0.25, -0.2) is 4.79 Å². The van der Waals surface area contributed by atoms with Crippen molar-refractivity contribution in [2.24, 2.45) is 0 Å². The zero-order chi connectivity index (χ0) is 17.1. The maximum Gasteiger partial charge on any atom is 0.332 e. The van der Waals surface area contributed by atoms with Gasteiger partial charge in [0.25, 0.3) is 5.91 Å². The molecule has 2 N–H and O–H groups in total. The summed E-state index contributed by atoms with van der Waals surface area (Å²) >= 11 is 6.21. The molecular weight excluding hydrogens is 326 g/mol. The molecular formula is C19H16ClNO3. The number of rotatable bonds is 4. The van der Waals surface area contributed by atoms with E-state index in [1.165, 1.54) is 0 Å². The van der Waals surface area contributed by atoms with Crippen LogP contribution in [0.1, 0.15) is 19.3 Å². The normalized spacial score (nSPS) is 13.9. The molecule has 122 valence electrons. The lowest BCUT2D eigenvalue weighted by Gasteiger charge is -2.10. The van der Waals surface area contributed by atoms with E-state index in [0.29, 0.717) is 35.5 Å². The second-order valence-electron chi connectivity index (χ2n) is 5.63. The molecule has 2 aromatic rings. The number of benzene rings is 2. The Morgan fingerprint density at radius 3 is 2.50 bits per heavy atom. The van der Waals surface area contributed by atoms with Gasteiger partial charge >= 0.3 is 5.97 Å². The fourth-order valence-corrected chi connectivity index (χ4v) is 3.14. The average molecular weight is 342 g/mol. The van der Waals surface area contributed by atoms with E-state index in [1.807, 2.05) is 42.5 Å². The van der Waals surface area contributed by atoms with Crippen molar-refractivity contribution >= 4 is 29.2 Å². The maximum atomic E-state index is 12.4. The predicted molar refractivity (Wildman–Crippen MR) is 94.0 cm³/mol. The third-order valence-electron chi connectivity index (χ3n) is 4.06. The van der Waals surface area contributed by atoms with Crippen molar-refractivity contribution in [1.29, 1.82) is 0 Å². The van der Waals surface area contributed by atoms with Gasteiger partial charge < -0.3 is 10.4 Å². The maximum absolute atomic E-state index is 12.4. The summed E-state index contributed by atoms with van der Waals surface area (Å²) in [6.07, 6.45) is 1.64. The number of carboxylic acids is 1. The molecule has 0 unspecified atom stereocenters. The number of nitrogens with one attached hydrogen (secondary N) is 1. The molecule has 4 nitrogen and oxygen atoms in total. The van der Waals surface area contributed by atoms with Crippen molar-refractivity contribution in [2.75, 3.05) is 5.32 Å². The van der Waals surface area contributed by atoms with Gasteiger partial charge in [0.05, 0.1) is 0 Å². The summed E-state index contributed by atoms with van der Waals surface area (Å²) in [5.41, 5.74) is 2.96. The van der Waals surface area contributed by atoms with Crippen molar-refractivity contribution in [2.45, 2.75) is 19.3 Å². The van der Waals surface area contributed by atoms with Crippen LogP contribution < -0.4 is 5.32 Å². The first-order valence-corrected chi connectivity index (χ1v) is 8.05. The molecule has 3 rings (SSSR count). The molecule has 1 amide bonds. The summed E-state index contributed by atoms with van der Waals surface area (Å²) < 4.78 is 0. The lowest BCUT2D eigenvalue weighted by Crippen LogP contribution is -2.16. The monoisotopic (exact) mass is 341 g/mol. The Morgan fingerprint density at radius 2 is 1.75 bits per heavy atom. The number of anilines is 1. The van der Waals surface area contributed by atoms with E-state index in [-0.39, 0.29) is 11.5 Å². The van der Waals surface area contributed by atoms with E-state index in [4.69, 9.17) is 16.7 Å². The lowest BCUT2D eigenvalue weighted by molar-refractivity contribution is -0.133. The van der Waals surface area contributed by atoms with E-state index in [1.54, 1.807) is 6.07 Å². The van der Waals surface area contributed by atoms with Crippen LogP contribution in [-0.4, -0.2) is 17.0 Å². The zero-order valence-electron chi connectivity index (χ0n) is 12.9. The molecule has 2 aromatic carbocycles. The third kappa shape index (κ3) is 3.34. The molecule has 24 heavy (non-hydrogen) atoms. The number of hydrogen-bond acceptors (Lipinski definition) is 2. The Morgan fingerprint density at radius 1 is 1.00 bits per heavy atom. The molecule has 1 aliphatic rings. The highest BCUT2D eigenvalue weighted by atomic mass is 35.5. The van der Waals surface area contributed by atoms with Gasteiger partial charge in [-0.1, -0.05) is 41.9 Å². The largest absolute Gasteiger partial charge is 0.478 e. The van der Waals surface area contributed by atoms with Crippen molar-refractivity contribution in [1.82, 2.24) is 0 Å². The fraction of sp³-hybridized carbons (Fsp3) is 0.158. The smallest absolute Gasteiger partial charge is 0.332 e. The van der Waals surface area contributed by atoms with Crippen LogP contribution in [0, 0.1) is 0 Å². The Kier molecular flexibility index (Phi) is 4.67.